The standard InChI is InChI=1S/C21H23ClN2O2/c1-14-9-15(2)11-17(10-14)21(26)24-8-4-5-16(13-24)20(25)23-19-7-3-6-18(22)12-19/h3,6-7,9-12,16H,4-5,8,13H2,1-2H3,(H,23,25). The predicted molar refractivity (Wildman–Crippen MR) is 105 cm³/mol. The molecule has 1 saturated heterocycles. The molecule has 1 unspecified atom stereocenters. The summed E-state index contributed by atoms with van der Waals surface area (Å²) < 4.78 is 0. The van der Waals surface area contributed by atoms with E-state index in [-0.39, 0.29) is 17.7 Å². The van der Waals surface area contributed by atoms with Crippen molar-refractivity contribution in [2.24, 2.45) is 5.92 Å². The van der Waals surface area contributed by atoms with Crippen molar-refractivity contribution < 1.29 is 9.59 Å². The third-order valence-electron chi connectivity index (χ3n) is 4.64. The lowest BCUT2D eigenvalue weighted by molar-refractivity contribution is -0.121. The Labute approximate surface area is 159 Å². The van der Waals surface area contributed by atoms with Gasteiger partial charge >= 0.3 is 0 Å². The van der Waals surface area contributed by atoms with Gasteiger partial charge in [0.05, 0.1) is 5.92 Å². The third-order valence-corrected chi connectivity index (χ3v) is 4.88. The van der Waals surface area contributed by atoms with E-state index in [9.17, 15) is 9.59 Å². The van der Waals surface area contributed by atoms with Gasteiger partial charge in [-0.3, -0.25) is 9.59 Å². The molecular weight excluding hydrogens is 348 g/mol. The van der Waals surface area contributed by atoms with Crippen LogP contribution in [0.2, 0.25) is 5.02 Å². The smallest absolute Gasteiger partial charge is 0.253 e. The van der Waals surface area contributed by atoms with Gasteiger partial charge in [-0.15, -0.1) is 0 Å². The number of likely N-dealkylation sites (tertiary alicyclic amines) is 1. The van der Waals surface area contributed by atoms with Crippen molar-refractivity contribution in [2.75, 3.05) is 18.4 Å². The number of piperidine rings is 1. The van der Waals surface area contributed by atoms with Crippen LogP contribution in [0.1, 0.15) is 34.3 Å². The van der Waals surface area contributed by atoms with Crippen LogP contribution in [0.3, 0.4) is 0 Å². The molecule has 1 aliphatic heterocycles. The predicted octanol–water partition coefficient (Wildman–Crippen LogP) is 4.45. The molecule has 1 N–H and O–H groups in total. The first-order valence-corrected chi connectivity index (χ1v) is 9.24. The van der Waals surface area contributed by atoms with Crippen LogP contribution in [0.25, 0.3) is 0 Å². The van der Waals surface area contributed by atoms with Gasteiger partial charge < -0.3 is 10.2 Å². The highest BCUT2D eigenvalue weighted by Gasteiger charge is 2.29. The molecule has 1 heterocycles. The molecule has 1 atom stereocenters. The van der Waals surface area contributed by atoms with Gasteiger partial charge in [0.2, 0.25) is 5.91 Å². The maximum atomic E-state index is 12.9. The molecule has 0 radical (unpaired) electrons. The minimum Gasteiger partial charge on any atom is -0.338 e. The van der Waals surface area contributed by atoms with Gasteiger partial charge in [-0.05, 0) is 57.0 Å². The van der Waals surface area contributed by atoms with Crippen LogP contribution < -0.4 is 5.32 Å². The van der Waals surface area contributed by atoms with Crippen LogP contribution in [-0.4, -0.2) is 29.8 Å². The van der Waals surface area contributed by atoms with Crippen LogP contribution in [0.4, 0.5) is 5.69 Å². The number of anilines is 1. The zero-order valence-electron chi connectivity index (χ0n) is 15.1. The molecule has 3 rings (SSSR count). The highest BCUT2D eigenvalue weighted by atomic mass is 35.5. The van der Waals surface area contributed by atoms with Crippen LogP contribution in [0.15, 0.2) is 42.5 Å². The summed E-state index contributed by atoms with van der Waals surface area (Å²) in [5, 5.41) is 3.49. The third kappa shape index (κ3) is 4.44. The largest absolute Gasteiger partial charge is 0.338 e. The number of carbonyl (C=O) groups is 2. The Morgan fingerprint density at radius 3 is 2.54 bits per heavy atom. The van der Waals surface area contributed by atoms with E-state index in [1.165, 1.54) is 0 Å². The zero-order chi connectivity index (χ0) is 18.7. The van der Waals surface area contributed by atoms with E-state index < -0.39 is 0 Å². The van der Waals surface area contributed by atoms with Crippen LogP contribution in [0, 0.1) is 19.8 Å². The van der Waals surface area contributed by atoms with E-state index >= 15 is 0 Å². The number of carbonyl (C=O) groups excluding carboxylic acids is 2. The lowest BCUT2D eigenvalue weighted by Gasteiger charge is -2.32. The lowest BCUT2D eigenvalue weighted by Crippen LogP contribution is -2.43. The molecule has 0 spiro atoms. The summed E-state index contributed by atoms with van der Waals surface area (Å²) in [6.45, 7) is 5.10. The highest BCUT2D eigenvalue weighted by Crippen LogP contribution is 2.22. The number of nitrogens with zero attached hydrogens (tertiary/aromatic N) is 1. The fraction of sp³-hybridized carbons (Fsp3) is 0.333. The Hall–Kier alpha value is -2.33. The lowest BCUT2D eigenvalue weighted by atomic mass is 9.96. The van der Waals surface area contributed by atoms with Crippen molar-refractivity contribution in [3.63, 3.8) is 0 Å². The number of hydrogen-bond acceptors (Lipinski definition) is 2. The number of nitrogens with one attached hydrogen (secondary N) is 1. The van der Waals surface area contributed by atoms with Crippen LogP contribution in [0.5, 0.6) is 0 Å². The monoisotopic (exact) mass is 370 g/mol. The normalized spacial score (nSPS) is 17.0. The number of benzene rings is 2. The molecule has 2 aromatic carbocycles. The first-order chi connectivity index (χ1) is 12.4. The molecular formula is C21H23ClN2O2. The van der Waals surface area contributed by atoms with Crippen molar-refractivity contribution in [1.29, 1.82) is 0 Å². The second-order valence-electron chi connectivity index (χ2n) is 6.97. The molecule has 2 aromatic rings. The molecule has 1 fully saturated rings. The van der Waals surface area contributed by atoms with Gasteiger partial charge in [-0.25, -0.2) is 0 Å². The van der Waals surface area contributed by atoms with Crippen molar-refractivity contribution in [1.82, 2.24) is 4.90 Å². The molecule has 2 amide bonds. The quantitative estimate of drug-likeness (QED) is 0.867. The van der Waals surface area contributed by atoms with Gasteiger partial charge in [0.15, 0.2) is 0 Å². The summed E-state index contributed by atoms with van der Waals surface area (Å²) in [7, 11) is 0. The van der Waals surface area contributed by atoms with Crippen molar-refractivity contribution in [2.45, 2.75) is 26.7 Å². The van der Waals surface area contributed by atoms with E-state index in [1.807, 2.05) is 38.1 Å². The van der Waals surface area contributed by atoms with Gasteiger partial charge in [0.1, 0.15) is 0 Å². The summed E-state index contributed by atoms with van der Waals surface area (Å²) in [6, 6.07) is 13.0. The Morgan fingerprint density at radius 2 is 1.85 bits per heavy atom. The first-order valence-electron chi connectivity index (χ1n) is 8.86. The van der Waals surface area contributed by atoms with Crippen LogP contribution in [-0.2, 0) is 4.79 Å². The molecule has 1 aliphatic rings. The fourth-order valence-electron chi connectivity index (χ4n) is 3.47. The molecule has 136 valence electrons. The van der Waals surface area contributed by atoms with Gasteiger partial charge in [0.25, 0.3) is 5.91 Å². The number of aryl methyl sites for hydroxylation is 2. The number of halogens is 1. The number of rotatable bonds is 3. The summed E-state index contributed by atoms with van der Waals surface area (Å²) in [4.78, 5) is 27.2. The average Bonchev–Trinajstić information content (AvgIpc) is 2.60. The SMILES string of the molecule is Cc1cc(C)cc(C(=O)N2CCCC(C(=O)Nc3cccc(Cl)c3)C2)c1. The molecule has 0 aliphatic carbocycles. The maximum Gasteiger partial charge on any atom is 0.253 e. The molecule has 5 heteroatoms. The minimum atomic E-state index is -0.211. The fourth-order valence-corrected chi connectivity index (χ4v) is 3.66. The first kappa shape index (κ1) is 18.5. The van der Waals surface area contributed by atoms with E-state index in [0.29, 0.717) is 29.4 Å². The second kappa shape index (κ2) is 7.92. The molecule has 26 heavy (non-hydrogen) atoms. The Morgan fingerprint density at radius 1 is 1.12 bits per heavy atom. The van der Waals surface area contributed by atoms with Gasteiger partial charge in [-0.1, -0.05) is 34.9 Å². The van der Waals surface area contributed by atoms with Crippen molar-refractivity contribution in [3.8, 4) is 0 Å². The van der Waals surface area contributed by atoms with Crippen molar-refractivity contribution >= 4 is 29.1 Å². The number of amides is 2. The van der Waals surface area contributed by atoms with E-state index in [1.54, 1.807) is 23.1 Å². The molecule has 0 aromatic heterocycles. The summed E-state index contributed by atoms with van der Waals surface area (Å²) >= 11 is 5.97. The molecule has 0 saturated carbocycles. The summed E-state index contributed by atoms with van der Waals surface area (Å²) in [5.41, 5.74) is 3.51. The Bertz CT molecular complexity index is 814. The second-order valence-corrected chi connectivity index (χ2v) is 7.40. The van der Waals surface area contributed by atoms with E-state index in [4.69, 9.17) is 11.6 Å². The Balaban J connectivity index is 1.68. The Kier molecular flexibility index (Phi) is 5.62. The van der Waals surface area contributed by atoms with Crippen LogP contribution >= 0.6 is 11.6 Å². The zero-order valence-corrected chi connectivity index (χ0v) is 15.8. The molecule has 0 bridgehead atoms. The highest BCUT2D eigenvalue weighted by molar-refractivity contribution is 6.30. The van der Waals surface area contributed by atoms with Crippen molar-refractivity contribution in [3.05, 3.63) is 64.2 Å². The molecule has 4 nitrogen and oxygen atoms in total. The summed E-state index contributed by atoms with van der Waals surface area (Å²) in [5.74, 6) is -0.278. The topological polar surface area (TPSA) is 49.4 Å². The maximum absolute atomic E-state index is 12.9. The van der Waals surface area contributed by atoms with E-state index in [2.05, 4.69) is 5.32 Å². The minimum absolute atomic E-state index is 0.00273. The van der Waals surface area contributed by atoms with Gasteiger partial charge in [0, 0.05) is 29.4 Å². The van der Waals surface area contributed by atoms with E-state index in [0.717, 1.165) is 24.0 Å². The average molecular weight is 371 g/mol. The summed E-state index contributed by atoms with van der Waals surface area (Å²) in [6.07, 6.45) is 1.60. The number of hydrogen-bond donors (Lipinski definition) is 1. The van der Waals surface area contributed by atoms with Gasteiger partial charge in [-0.2, -0.15) is 0 Å².